The Kier molecular flexibility index (Phi) is 4.10. The van der Waals surface area contributed by atoms with Crippen LogP contribution in [0.25, 0.3) is 11.6 Å². The summed E-state index contributed by atoms with van der Waals surface area (Å²) in [7, 11) is 0. The maximum absolute atomic E-state index is 11.4. The number of phenols is 2. The summed E-state index contributed by atoms with van der Waals surface area (Å²) in [5.74, 6) is -0.913. The van der Waals surface area contributed by atoms with E-state index in [1.165, 1.54) is 36.4 Å². The van der Waals surface area contributed by atoms with Crippen LogP contribution in [0, 0.1) is 0 Å². The lowest BCUT2D eigenvalue weighted by molar-refractivity contribution is -0.130. The maximum Gasteiger partial charge on any atom is 0.336 e. The van der Waals surface area contributed by atoms with Crippen LogP contribution in [0.3, 0.4) is 0 Å². The summed E-state index contributed by atoms with van der Waals surface area (Å²) in [6.45, 7) is 0. The summed E-state index contributed by atoms with van der Waals surface area (Å²) in [4.78, 5) is 11.4. The van der Waals surface area contributed by atoms with Gasteiger partial charge in [0.2, 0.25) is 0 Å². The van der Waals surface area contributed by atoms with Gasteiger partial charge in [-0.15, -0.1) is 0 Å². The molecule has 0 aliphatic heterocycles. The molecule has 102 valence electrons. The molecule has 0 saturated heterocycles. The highest BCUT2D eigenvalue weighted by Crippen LogP contribution is 2.29. The van der Waals surface area contributed by atoms with Gasteiger partial charge in [0, 0.05) is 10.0 Å². The molecule has 0 radical (unpaired) electrons. The summed E-state index contributed by atoms with van der Waals surface area (Å²) in [5.41, 5.74) is 1.20. The topological polar surface area (TPSA) is 77.8 Å². The zero-order valence-electron chi connectivity index (χ0n) is 10.2. The first-order chi connectivity index (χ1) is 9.47. The Labute approximate surface area is 123 Å². The van der Waals surface area contributed by atoms with Gasteiger partial charge < -0.3 is 15.3 Å². The largest absolute Gasteiger partial charge is 0.508 e. The van der Waals surface area contributed by atoms with Crippen LogP contribution in [0.15, 0.2) is 46.9 Å². The molecule has 0 aliphatic carbocycles. The standard InChI is InChI=1S/C15H11BrO4/c16-14-8-11(18)5-6-12(14)13(15(19)20)7-9-1-3-10(17)4-2-9/h1-8,17-18H,(H,19,20)/b13-7+. The fourth-order valence-corrected chi connectivity index (χ4v) is 2.29. The van der Waals surface area contributed by atoms with E-state index in [2.05, 4.69) is 15.9 Å². The molecular weight excluding hydrogens is 324 g/mol. The number of aromatic hydroxyl groups is 2. The van der Waals surface area contributed by atoms with Gasteiger partial charge in [-0.05, 0) is 42.0 Å². The van der Waals surface area contributed by atoms with Crippen LogP contribution in [-0.2, 0) is 4.79 Å². The van der Waals surface area contributed by atoms with Crippen molar-refractivity contribution in [1.82, 2.24) is 0 Å². The molecule has 0 heterocycles. The van der Waals surface area contributed by atoms with E-state index in [9.17, 15) is 20.1 Å². The molecule has 0 aromatic heterocycles. The van der Waals surface area contributed by atoms with Crippen molar-refractivity contribution in [2.75, 3.05) is 0 Å². The number of carboxylic acids is 1. The Morgan fingerprint density at radius 3 is 2.15 bits per heavy atom. The zero-order valence-corrected chi connectivity index (χ0v) is 11.8. The van der Waals surface area contributed by atoms with E-state index in [4.69, 9.17) is 0 Å². The lowest BCUT2D eigenvalue weighted by Crippen LogP contribution is -2.00. The maximum atomic E-state index is 11.4. The Hall–Kier alpha value is -2.27. The van der Waals surface area contributed by atoms with Gasteiger partial charge in [-0.2, -0.15) is 0 Å². The van der Waals surface area contributed by atoms with Gasteiger partial charge in [0.05, 0.1) is 5.57 Å². The number of carbonyl (C=O) groups is 1. The van der Waals surface area contributed by atoms with Gasteiger partial charge in [-0.1, -0.05) is 28.1 Å². The van der Waals surface area contributed by atoms with E-state index in [1.807, 2.05) is 0 Å². The third kappa shape index (κ3) is 3.19. The van der Waals surface area contributed by atoms with Gasteiger partial charge in [-0.25, -0.2) is 4.79 Å². The van der Waals surface area contributed by atoms with E-state index in [1.54, 1.807) is 12.1 Å². The van der Waals surface area contributed by atoms with Crippen molar-refractivity contribution in [3.8, 4) is 11.5 Å². The Bertz CT molecular complexity index is 675. The minimum Gasteiger partial charge on any atom is -0.508 e. The number of hydrogen-bond acceptors (Lipinski definition) is 3. The van der Waals surface area contributed by atoms with Crippen molar-refractivity contribution in [2.45, 2.75) is 0 Å². The third-order valence-electron chi connectivity index (χ3n) is 2.68. The van der Waals surface area contributed by atoms with Gasteiger partial charge in [0.25, 0.3) is 0 Å². The second-order valence-corrected chi connectivity index (χ2v) is 4.97. The van der Waals surface area contributed by atoms with E-state index in [0.29, 0.717) is 15.6 Å². The highest BCUT2D eigenvalue weighted by molar-refractivity contribution is 9.10. The van der Waals surface area contributed by atoms with Crippen LogP contribution in [0.5, 0.6) is 11.5 Å². The molecule has 0 spiro atoms. The van der Waals surface area contributed by atoms with E-state index < -0.39 is 5.97 Å². The highest BCUT2D eigenvalue weighted by Gasteiger charge is 2.14. The van der Waals surface area contributed by atoms with Gasteiger partial charge in [0.1, 0.15) is 11.5 Å². The predicted molar refractivity (Wildman–Crippen MR) is 79.4 cm³/mol. The van der Waals surface area contributed by atoms with E-state index >= 15 is 0 Å². The van der Waals surface area contributed by atoms with E-state index in [0.717, 1.165) is 0 Å². The molecule has 2 aromatic rings. The summed E-state index contributed by atoms with van der Waals surface area (Å²) >= 11 is 3.24. The molecule has 0 fully saturated rings. The van der Waals surface area contributed by atoms with Gasteiger partial charge in [0.15, 0.2) is 0 Å². The Morgan fingerprint density at radius 2 is 1.60 bits per heavy atom. The van der Waals surface area contributed by atoms with Crippen molar-refractivity contribution < 1.29 is 20.1 Å². The molecule has 0 atom stereocenters. The molecule has 0 amide bonds. The quantitative estimate of drug-likeness (QED) is 0.593. The lowest BCUT2D eigenvalue weighted by Gasteiger charge is -2.06. The average Bonchev–Trinajstić information content (AvgIpc) is 2.39. The molecular formula is C15H11BrO4. The SMILES string of the molecule is O=C(O)/C(=C/c1ccc(O)cc1)c1ccc(O)cc1Br. The van der Waals surface area contributed by atoms with Crippen LogP contribution in [0.2, 0.25) is 0 Å². The second kappa shape index (κ2) is 5.79. The molecule has 3 N–H and O–H groups in total. The molecule has 2 rings (SSSR count). The first-order valence-corrected chi connectivity index (χ1v) is 6.49. The summed E-state index contributed by atoms with van der Waals surface area (Å²) in [5, 5.41) is 27.9. The number of benzene rings is 2. The predicted octanol–water partition coefficient (Wildman–Crippen LogP) is 3.49. The number of halogens is 1. The molecule has 0 aliphatic rings. The molecule has 0 unspecified atom stereocenters. The fraction of sp³-hybridized carbons (Fsp3) is 0. The van der Waals surface area contributed by atoms with E-state index in [-0.39, 0.29) is 17.1 Å². The minimum absolute atomic E-state index is 0.0509. The Balaban J connectivity index is 2.51. The Morgan fingerprint density at radius 1 is 1.00 bits per heavy atom. The van der Waals surface area contributed by atoms with Crippen molar-refractivity contribution >= 4 is 33.5 Å². The molecule has 0 bridgehead atoms. The summed E-state index contributed by atoms with van der Waals surface area (Å²) in [6.07, 6.45) is 1.50. The normalized spacial score (nSPS) is 11.3. The van der Waals surface area contributed by atoms with Crippen LogP contribution in [-0.4, -0.2) is 21.3 Å². The molecule has 0 saturated carbocycles. The van der Waals surface area contributed by atoms with Crippen LogP contribution < -0.4 is 0 Å². The van der Waals surface area contributed by atoms with Gasteiger partial charge >= 0.3 is 5.97 Å². The molecule has 5 heteroatoms. The molecule has 4 nitrogen and oxygen atoms in total. The number of aliphatic carboxylic acids is 1. The number of phenolic OH excluding ortho intramolecular Hbond substituents is 2. The minimum atomic E-state index is -1.08. The monoisotopic (exact) mass is 334 g/mol. The number of carboxylic acid groups (broad SMARTS) is 1. The molecule has 2 aromatic carbocycles. The average molecular weight is 335 g/mol. The van der Waals surface area contributed by atoms with Crippen molar-refractivity contribution in [3.05, 3.63) is 58.1 Å². The van der Waals surface area contributed by atoms with Crippen LogP contribution >= 0.6 is 15.9 Å². The number of hydrogen-bond donors (Lipinski definition) is 3. The van der Waals surface area contributed by atoms with Crippen LogP contribution in [0.4, 0.5) is 0 Å². The smallest absolute Gasteiger partial charge is 0.336 e. The first kappa shape index (κ1) is 14.1. The first-order valence-electron chi connectivity index (χ1n) is 5.70. The van der Waals surface area contributed by atoms with Crippen LogP contribution in [0.1, 0.15) is 11.1 Å². The van der Waals surface area contributed by atoms with Crippen molar-refractivity contribution in [1.29, 1.82) is 0 Å². The highest BCUT2D eigenvalue weighted by atomic mass is 79.9. The zero-order chi connectivity index (χ0) is 14.7. The van der Waals surface area contributed by atoms with Gasteiger partial charge in [-0.3, -0.25) is 0 Å². The number of rotatable bonds is 3. The summed E-state index contributed by atoms with van der Waals surface area (Å²) in [6, 6.07) is 10.6. The second-order valence-electron chi connectivity index (χ2n) is 4.12. The molecule has 20 heavy (non-hydrogen) atoms. The summed E-state index contributed by atoms with van der Waals surface area (Å²) < 4.78 is 0.491. The van der Waals surface area contributed by atoms with Crippen molar-refractivity contribution in [2.24, 2.45) is 0 Å². The van der Waals surface area contributed by atoms with Crippen molar-refractivity contribution in [3.63, 3.8) is 0 Å². The third-order valence-corrected chi connectivity index (χ3v) is 3.33. The lowest BCUT2D eigenvalue weighted by atomic mass is 10.0. The fourth-order valence-electron chi connectivity index (χ4n) is 1.71.